The van der Waals surface area contributed by atoms with Crippen molar-refractivity contribution in [1.82, 2.24) is 25.0 Å². The van der Waals surface area contributed by atoms with Gasteiger partial charge in [-0.1, -0.05) is 17.7 Å². The minimum atomic E-state index is -0.149. The van der Waals surface area contributed by atoms with Gasteiger partial charge in [0.1, 0.15) is 0 Å². The molecule has 3 heterocycles. The van der Waals surface area contributed by atoms with Gasteiger partial charge in [-0.05, 0) is 57.5 Å². The van der Waals surface area contributed by atoms with Gasteiger partial charge in [0, 0.05) is 39.8 Å². The Morgan fingerprint density at radius 1 is 1.13 bits per heavy atom. The van der Waals surface area contributed by atoms with Crippen LogP contribution < -0.4 is 5.32 Å². The number of hydrogen-bond donors (Lipinski definition) is 2. The molecule has 2 N–H and O–H groups in total. The van der Waals surface area contributed by atoms with E-state index in [-0.39, 0.29) is 12.3 Å². The minimum Gasteiger partial charge on any atom is -0.309 e. The topological polar surface area (TPSA) is 88.5 Å². The van der Waals surface area contributed by atoms with Gasteiger partial charge >= 0.3 is 0 Å². The fraction of sp³-hybridized carbons (Fsp3) is 0.217. The van der Waals surface area contributed by atoms with E-state index in [9.17, 15) is 4.79 Å². The van der Waals surface area contributed by atoms with Crippen LogP contribution in [0.25, 0.3) is 16.9 Å². The summed E-state index contributed by atoms with van der Waals surface area (Å²) in [6.45, 7) is 7.74. The Labute approximate surface area is 185 Å². The number of amides is 1. The SMILES string of the molecule is Cc1ccc(-n2nc(C)c(CC(=O)Nc3n[nH]c(-c4ccncc4)c3C)c2C)cc1Cl. The summed E-state index contributed by atoms with van der Waals surface area (Å²) in [5, 5.41) is 15.5. The molecule has 0 radical (unpaired) electrons. The fourth-order valence-corrected chi connectivity index (χ4v) is 3.73. The average Bonchev–Trinajstić information content (AvgIpc) is 3.25. The van der Waals surface area contributed by atoms with Gasteiger partial charge < -0.3 is 5.32 Å². The fourth-order valence-electron chi connectivity index (χ4n) is 3.55. The van der Waals surface area contributed by atoms with Crippen LogP contribution in [0.3, 0.4) is 0 Å². The number of anilines is 1. The molecule has 0 fully saturated rings. The zero-order chi connectivity index (χ0) is 22.1. The van der Waals surface area contributed by atoms with E-state index in [4.69, 9.17) is 11.6 Å². The Kier molecular flexibility index (Phi) is 5.61. The first-order chi connectivity index (χ1) is 14.8. The first-order valence-electron chi connectivity index (χ1n) is 9.92. The smallest absolute Gasteiger partial charge is 0.230 e. The number of halogens is 1. The highest BCUT2D eigenvalue weighted by Gasteiger charge is 2.18. The van der Waals surface area contributed by atoms with Crippen molar-refractivity contribution in [3.05, 3.63) is 75.8 Å². The van der Waals surface area contributed by atoms with Gasteiger partial charge in [0.05, 0.1) is 23.5 Å². The third kappa shape index (κ3) is 4.09. The van der Waals surface area contributed by atoms with Crippen LogP contribution in [0, 0.1) is 27.7 Å². The first kappa shape index (κ1) is 20.8. The van der Waals surface area contributed by atoms with Gasteiger partial charge in [-0.15, -0.1) is 0 Å². The molecular weight excluding hydrogens is 412 g/mol. The van der Waals surface area contributed by atoms with Crippen molar-refractivity contribution in [2.24, 2.45) is 0 Å². The first-order valence-corrected chi connectivity index (χ1v) is 10.3. The second kappa shape index (κ2) is 8.35. The Bertz CT molecular complexity index is 1260. The molecule has 1 aromatic carbocycles. The Morgan fingerprint density at radius 3 is 2.58 bits per heavy atom. The summed E-state index contributed by atoms with van der Waals surface area (Å²) in [5.74, 6) is 0.369. The highest BCUT2D eigenvalue weighted by molar-refractivity contribution is 6.31. The molecule has 0 aliphatic rings. The van der Waals surface area contributed by atoms with Crippen LogP contribution in [0.2, 0.25) is 5.02 Å². The maximum atomic E-state index is 12.8. The summed E-state index contributed by atoms with van der Waals surface area (Å²) >= 11 is 6.28. The molecule has 7 nitrogen and oxygen atoms in total. The summed E-state index contributed by atoms with van der Waals surface area (Å²) in [4.78, 5) is 16.8. The second-order valence-corrected chi connectivity index (χ2v) is 7.93. The molecule has 8 heteroatoms. The van der Waals surface area contributed by atoms with Gasteiger partial charge in [-0.2, -0.15) is 10.2 Å². The van der Waals surface area contributed by atoms with Crippen LogP contribution >= 0.6 is 11.6 Å². The third-order valence-corrected chi connectivity index (χ3v) is 5.82. The lowest BCUT2D eigenvalue weighted by Crippen LogP contribution is -2.16. The molecule has 4 aromatic rings. The van der Waals surface area contributed by atoms with E-state index in [1.165, 1.54) is 0 Å². The summed E-state index contributed by atoms with van der Waals surface area (Å²) in [5.41, 5.74) is 7.17. The number of pyridine rings is 1. The Morgan fingerprint density at radius 2 is 1.87 bits per heavy atom. The number of H-pyrrole nitrogens is 1. The molecule has 1 amide bonds. The number of aromatic amines is 1. The van der Waals surface area contributed by atoms with E-state index < -0.39 is 0 Å². The molecule has 0 unspecified atom stereocenters. The molecule has 0 spiro atoms. The molecule has 4 rings (SSSR count). The number of nitrogens with zero attached hydrogens (tertiary/aromatic N) is 4. The lowest BCUT2D eigenvalue weighted by Gasteiger charge is -2.08. The standard InChI is InChI=1S/C23H23ClN6O/c1-13-5-6-18(11-20(13)24)30-16(4)19(15(3)29-30)12-21(31)26-23-14(2)22(27-28-23)17-7-9-25-10-8-17/h5-11H,12H2,1-4H3,(H2,26,27,28,31). The molecule has 0 saturated heterocycles. The van der Waals surface area contributed by atoms with Gasteiger partial charge in [0.25, 0.3) is 0 Å². The Balaban J connectivity index is 1.54. The normalized spacial score (nSPS) is 11.0. The van der Waals surface area contributed by atoms with Gasteiger partial charge in [0.15, 0.2) is 5.82 Å². The summed E-state index contributed by atoms with van der Waals surface area (Å²) in [6, 6.07) is 9.60. The number of carbonyl (C=O) groups is 1. The summed E-state index contributed by atoms with van der Waals surface area (Å²) in [7, 11) is 0. The van der Waals surface area contributed by atoms with Crippen LogP contribution in [-0.2, 0) is 11.2 Å². The number of aryl methyl sites for hydroxylation is 2. The molecular formula is C23H23ClN6O. The maximum absolute atomic E-state index is 12.8. The lowest BCUT2D eigenvalue weighted by molar-refractivity contribution is -0.115. The van der Waals surface area contributed by atoms with E-state index in [1.807, 2.05) is 62.7 Å². The molecule has 0 saturated carbocycles. The van der Waals surface area contributed by atoms with Crippen molar-refractivity contribution in [1.29, 1.82) is 0 Å². The molecule has 31 heavy (non-hydrogen) atoms. The predicted octanol–water partition coefficient (Wildman–Crippen LogP) is 4.73. The number of nitrogens with one attached hydrogen (secondary N) is 2. The van der Waals surface area contributed by atoms with E-state index in [2.05, 4.69) is 25.6 Å². The average molecular weight is 435 g/mol. The van der Waals surface area contributed by atoms with Crippen LogP contribution in [0.4, 0.5) is 5.82 Å². The van der Waals surface area contributed by atoms with Gasteiger partial charge in [-0.25, -0.2) is 4.68 Å². The highest BCUT2D eigenvalue weighted by Crippen LogP contribution is 2.26. The minimum absolute atomic E-state index is 0.149. The van der Waals surface area contributed by atoms with Gasteiger partial charge in [-0.3, -0.25) is 14.9 Å². The molecule has 158 valence electrons. The van der Waals surface area contributed by atoms with E-state index in [0.29, 0.717) is 10.8 Å². The molecule has 0 aliphatic carbocycles. The summed E-state index contributed by atoms with van der Waals surface area (Å²) in [6.07, 6.45) is 3.64. The van der Waals surface area contributed by atoms with E-state index in [1.54, 1.807) is 12.4 Å². The van der Waals surface area contributed by atoms with Crippen molar-refractivity contribution in [2.75, 3.05) is 5.32 Å². The largest absolute Gasteiger partial charge is 0.309 e. The highest BCUT2D eigenvalue weighted by atomic mass is 35.5. The number of hydrogen-bond acceptors (Lipinski definition) is 4. The maximum Gasteiger partial charge on any atom is 0.230 e. The number of carbonyl (C=O) groups excluding carboxylic acids is 1. The van der Waals surface area contributed by atoms with Crippen LogP contribution in [0.1, 0.15) is 28.1 Å². The zero-order valence-corrected chi connectivity index (χ0v) is 18.6. The van der Waals surface area contributed by atoms with Crippen LogP contribution in [0.5, 0.6) is 0 Å². The van der Waals surface area contributed by atoms with Crippen molar-refractivity contribution in [2.45, 2.75) is 34.1 Å². The number of aromatic nitrogens is 5. The van der Waals surface area contributed by atoms with Crippen LogP contribution in [-0.4, -0.2) is 30.9 Å². The second-order valence-electron chi connectivity index (χ2n) is 7.53. The molecule has 3 aromatic heterocycles. The van der Waals surface area contributed by atoms with Crippen molar-refractivity contribution in [3.63, 3.8) is 0 Å². The van der Waals surface area contributed by atoms with E-state index >= 15 is 0 Å². The van der Waals surface area contributed by atoms with Crippen molar-refractivity contribution >= 4 is 23.3 Å². The monoisotopic (exact) mass is 434 g/mol. The summed E-state index contributed by atoms with van der Waals surface area (Å²) < 4.78 is 1.82. The molecule has 0 aliphatic heterocycles. The quantitative estimate of drug-likeness (QED) is 0.475. The molecule has 0 bridgehead atoms. The third-order valence-electron chi connectivity index (χ3n) is 5.42. The van der Waals surface area contributed by atoms with E-state index in [0.717, 1.165) is 45.0 Å². The Hall–Kier alpha value is -3.45. The van der Waals surface area contributed by atoms with Gasteiger partial charge in [0.2, 0.25) is 5.91 Å². The zero-order valence-electron chi connectivity index (χ0n) is 17.8. The number of rotatable bonds is 5. The van der Waals surface area contributed by atoms with Crippen molar-refractivity contribution in [3.8, 4) is 16.9 Å². The lowest BCUT2D eigenvalue weighted by atomic mass is 10.1. The molecule has 0 atom stereocenters. The predicted molar refractivity (Wildman–Crippen MR) is 122 cm³/mol. The number of benzene rings is 1. The van der Waals surface area contributed by atoms with Crippen LogP contribution in [0.15, 0.2) is 42.7 Å². The van der Waals surface area contributed by atoms with Crippen molar-refractivity contribution < 1.29 is 4.79 Å².